The Kier molecular flexibility index (Phi) is 4.56. The van der Waals surface area contributed by atoms with Gasteiger partial charge < -0.3 is 5.32 Å². The molecule has 0 bridgehead atoms. The van der Waals surface area contributed by atoms with E-state index in [1.807, 2.05) is 48.9 Å². The zero-order chi connectivity index (χ0) is 14.5. The predicted molar refractivity (Wildman–Crippen MR) is 79.4 cm³/mol. The summed E-state index contributed by atoms with van der Waals surface area (Å²) in [6.07, 6.45) is 0.418. The molecule has 2 rings (SSSR count). The topological polar surface area (TPSA) is 46.9 Å². The number of nitrogens with one attached hydrogen (secondary N) is 1. The molecule has 0 spiro atoms. The van der Waals surface area contributed by atoms with Gasteiger partial charge in [-0.1, -0.05) is 30.3 Å². The fraction of sp³-hybridized carbons (Fsp3) is 0.375. The minimum Gasteiger partial charge on any atom is -0.352 e. The average Bonchev–Trinajstić information content (AvgIpc) is 2.72. The lowest BCUT2D eigenvalue weighted by Gasteiger charge is -2.06. The van der Waals surface area contributed by atoms with Gasteiger partial charge in [0.25, 0.3) is 0 Å². The van der Waals surface area contributed by atoms with E-state index in [2.05, 4.69) is 17.3 Å². The van der Waals surface area contributed by atoms with Crippen LogP contribution in [-0.4, -0.2) is 15.7 Å². The molecule has 20 heavy (non-hydrogen) atoms. The summed E-state index contributed by atoms with van der Waals surface area (Å²) in [6, 6.07) is 9.77. The maximum Gasteiger partial charge on any atom is 0.224 e. The van der Waals surface area contributed by atoms with E-state index in [0.29, 0.717) is 13.0 Å². The molecule has 0 saturated carbocycles. The van der Waals surface area contributed by atoms with Crippen LogP contribution < -0.4 is 5.32 Å². The van der Waals surface area contributed by atoms with Crippen molar-refractivity contribution < 1.29 is 4.79 Å². The van der Waals surface area contributed by atoms with E-state index < -0.39 is 0 Å². The zero-order valence-corrected chi connectivity index (χ0v) is 12.3. The summed E-state index contributed by atoms with van der Waals surface area (Å²) >= 11 is 0. The number of aryl methyl sites for hydroxylation is 2. The molecule has 0 fully saturated rings. The number of aromatic nitrogens is 2. The molecule has 1 aromatic carbocycles. The lowest BCUT2D eigenvalue weighted by Crippen LogP contribution is -2.25. The highest BCUT2D eigenvalue weighted by Crippen LogP contribution is 2.12. The molecular formula is C16H21N3O. The maximum atomic E-state index is 11.9. The predicted octanol–water partition coefficient (Wildman–Crippen LogP) is 2.38. The number of hydrogen-bond donors (Lipinski definition) is 1. The monoisotopic (exact) mass is 271 g/mol. The van der Waals surface area contributed by atoms with Crippen LogP contribution in [0.3, 0.4) is 0 Å². The van der Waals surface area contributed by atoms with E-state index in [0.717, 1.165) is 29.1 Å². The Morgan fingerprint density at radius 1 is 1.25 bits per heavy atom. The summed E-state index contributed by atoms with van der Waals surface area (Å²) in [5.74, 6) is 0.0410. The largest absolute Gasteiger partial charge is 0.352 e. The van der Waals surface area contributed by atoms with E-state index in [9.17, 15) is 4.79 Å². The minimum atomic E-state index is 0.0410. The third-order valence-electron chi connectivity index (χ3n) is 3.50. The molecule has 2 aromatic rings. The highest BCUT2D eigenvalue weighted by atomic mass is 16.1. The Hall–Kier alpha value is -2.10. The minimum absolute atomic E-state index is 0.0410. The second-order valence-corrected chi connectivity index (χ2v) is 4.90. The average molecular weight is 271 g/mol. The van der Waals surface area contributed by atoms with Crippen LogP contribution in [-0.2, 0) is 24.3 Å². The van der Waals surface area contributed by atoms with Gasteiger partial charge in [0.1, 0.15) is 0 Å². The van der Waals surface area contributed by atoms with Crippen molar-refractivity contribution in [2.75, 3.05) is 0 Å². The zero-order valence-electron chi connectivity index (χ0n) is 12.3. The van der Waals surface area contributed by atoms with Crippen LogP contribution in [0.4, 0.5) is 0 Å². The Morgan fingerprint density at radius 2 is 1.95 bits per heavy atom. The lowest BCUT2D eigenvalue weighted by atomic mass is 10.1. The number of hydrogen-bond acceptors (Lipinski definition) is 2. The van der Waals surface area contributed by atoms with Gasteiger partial charge >= 0.3 is 0 Å². The summed E-state index contributed by atoms with van der Waals surface area (Å²) in [5.41, 5.74) is 4.27. The summed E-state index contributed by atoms with van der Waals surface area (Å²) in [4.78, 5) is 11.9. The molecule has 0 radical (unpaired) electrons. The van der Waals surface area contributed by atoms with Crippen LogP contribution in [0, 0.1) is 13.8 Å². The summed E-state index contributed by atoms with van der Waals surface area (Å²) < 4.78 is 1.97. The van der Waals surface area contributed by atoms with Crippen molar-refractivity contribution in [1.29, 1.82) is 0 Å². The molecule has 0 aliphatic heterocycles. The van der Waals surface area contributed by atoms with Crippen molar-refractivity contribution in [1.82, 2.24) is 15.1 Å². The Bertz CT molecular complexity index is 587. The molecule has 0 saturated heterocycles. The van der Waals surface area contributed by atoms with Crippen LogP contribution in [0.15, 0.2) is 30.3 Å². The third kappa shape index (κ3) is 3.26. The van der Waals surface area contributed by atoms with Crippen molar-refractivity contribution in [3.05, 3.63) is 52.8 Å². The first kappa shape index (κ1) is 14.3. The first-order valence-electron chi connectivity index (χ1n) is 6.95. The molecule has 4 nitrogen and oxygen atoms in total. The van der Waals surface area contributed by atoms with Gasteiger partial charge in [-0.25, -0.2) is 0 Å². The first-order valence-corrected chi connectivity index (χ1v) is 6.95. The van der Waals surface area contributed by atoms with Gasteiger partial charge in [-0.15, -0.1) is 0 Å². The molecule has 4 heteroatoms. The van der Waals surface area contributed by atoms with Crippen molar-refractivity contribution in [3.8, 4) is 0 Å². The van der Waals surface area contributed by atoms with Gasteiger partial charge in [0.2, 0.25) is 5.91 Å². The molecule has 0 unspecified atom stereocenters. The van der Waals surface area contributed by atoms with E-state index >= 15 is 0 Å². The number of nitrogens with zero attached hydrogens (tertiary/aromatic N) is 2. The number of carbonyl (C=O) groups is 1. The Labute approximate surface area is 119 Å². The second kappa shape index (κ2) is 6.37. The van der Waals surface area contributed by atoms with Crippen LogP contribution in [0.25, 0.3) is 0 Å². The van der Waals surface area contributed by atoms with Gasteiger partial charge in [0.15, 0.2) is 0 Å². The van der Waals surface area contributed by atoms with Gasteiger partial charge in [0, 0.05) is 24.3 Å². The van der Waals surface area contributed by atoms with Gasteiger partial charge in [-0.05, 0) is 26.3 Å². The number of rotatable bonds is 5. The Morgan fingerprint density at radius 3 is 2.55 bits per heavy atom. The highest BCUT2D eigenvalue weighted by Gasteiger charge is 2.11. The first-order chi connectivity index (χ1) is 9.61. The second-order valence-electron chi connectivity index (χ2n) is 4.90. The lowest BCUT2D eigenvalue weighted by molar-refractivity contribution is -0.120. The quantitative estimate of drug-likeness (QED) is 0.907. The van der Waals surface area contributed by atoms with Crippen LogP contribution >= 0.6 is 0 Å². The number of carbonyl (C=O) groups excluding carboxylic acids is 1. The summed E-state index contributed by atoms with van der Waals surface area (Å²) in [7, 11) is 0. The van der Waals surface area contributed by atoms with Gasteiger partial charge in [-0.3, -0.25) is 9.48 Å². The number of benzene rings is 1. The smallest absolute Gasteiger partial charge is 0.224 e. The van der Waals surface area contributed by atoms with Crippen LogP contribution in [0.5, 0.6) is 0 Å². The fourth-order valence-corrected chi connectivity index (χ4v) is 2.33. The summed E-state index contributed by atoms with van der Waals surface area (Å²) in [6.45, 7) is 7.49. The molecular weight excluding hydrogens is 250 g/mol. The molecule has 0 aliphatic rings. The highest BCUT2D eigenvalue weighted by molar-refractivity contribution is 5.78. The molecule has 1 aromatic heterocycles. The van der Waals surface area contributed by atoms with Crippen LogP contribution in [0.1, 0.15) is 29.4 Å². The molecule has 0 aliphatic carbocycles. The van der Waals surface area contributed by atoms with Crippen LogP contribution in [0.2, 0.25) is 0 Å². The standard InChI is InChI=1S/C16H21N3O/c1-4-19-13(3)15(12(2)18-19)11-17-16(20)10-14-8-6-5-7-9-14/h5-9H,4,10-11H2,1-3H3,(H,17,20). The number of amides is 1. The van der Waals surface area contributed by atoms with E-state index in [1.54, 1.807) is 0 Å². The van der Waals surface area contributed by atoms with E-state index in [4.69, 9.17) is 0 Å². The van der Waals surface area contributed by atoms with Crippen molar-refractivity contribution in [3.63, 3.8) is 0 Å². The third-order valence-corrected chi connectivity index (χ3v) is 3.50. The fourth-order valence-electron chi connectivity index (χ4n) is 2.33. The van der Waals surface area contributed by atoms with Crippen molar-refractivity contribution in [2.24, 2.45) is 0 Å². The molecule has 106 valence electrons. The normalized spacial score (nSPS) is 10.6. The SMILES string of the molecule is CCn1nc(C)c(CNC(=O)Cc2ccccc2)c1C. The molecule has 1 amide bonds. The van der Waals surface area contributed by atoms with E-state index in [-0.39, 0.29) is 5.91 Å². The molecule has 1 heterocycles. The maximum absolute atomic E-state index is 11.9. The summed E-state index contributed by atoms with van der Waals surface area (Å²) in [5, 5.41) is 7.43. The Balaban J connectivity index is 1.95. The molecule has 0 atom stereocenters. The van der Waals surface area contributed by atoms with Crippen molar-refractivity contribution in [2.45, 2.75) is 40.3 Å². The van der Waals surface area contributed by atoms with Gasteiger partial charge in [-0.2, -0.15) is 5.10 Å². The van der Waals surface area contributed by atoms with Gasteiger partial charge in [0.05, 0.1) is 12.1 Å². The van der Waals surface area contributed by atoms with Crippen molar-refractivity contribution >= 4 is 5.91 Å². The molecule has 1 N–H and O–H groups in total. The van der Waals surface area contributed by atoms with E-state index in [1.165, 1.54) is 0 Å².